The summed E-state index contributed by atoms with van der Waals surface area (Å²) in [5.74, 6) is 1.42. The fourth-order valence-electron chi connectivity index (χ4n) is 6.80. The van der Waals surface area contributed by atoms with Crippen molar-refractivity contribution in [3.05, 3.63) is 107 Å². The number of aliphatic hydroxyl groups is 2. The lowest BCUT2D eigenvalue weighted by molar-refractivity contribution is -0.255. The number of thioether (sulfide) groups is 1. The largest absolute Gasteiger partial charge is 0.396 e. The third-order valence-electron chi connectivity index (χ3n) is 9.74. The molecular weight excluding hydrogens is 643 g/mol. The molecule has 0 aromatic heterocycles. The lowest BCUT2D eigenvalue weighted by Crippen LogP contribution is -2.38. The minimum Gasteiger partial charge on any atom is -0.396 e. The van der Waals surface area contributed by atoms with Gasteiger partial charge in [0.2, 0.25) is 5.91 Å². The molecule has 4 atom stereocenters. The van der Waals surface area contributed by atoms with Crippen LogP contribution >= 0.6 is 11.8 Å². The zero-order chi connectivity index (χ0) is 35.2. The molecule has 0 bridgehead atoms. The number of carbonyl (C=O) groups is 1. The molecule has 3 aromatic rings. The number of aliphatic hydroxyl groups excluding tert-OH is 2. The predicted molar refractivity (Wildman–Crippen MR) is 206 cm³/mol. The number of amides is 1. The number of nitrogens with one attached hydrogen (secondary N) is 1. The highest BCUT2D eigenvalue weighted by Crippen LogP contribution is 2.47. The van der Waals surface area contributed by atoms with Gasteiger partial charge in [-0.25, -0.2) is 0 Å². The van der Waals surface area contributed by atoms with Crippen LogP contribution in [-0.4, -0.2) is 40.3 Å². The molecular formula is C43H61NO5S. The average molecular weight is 704 g/mol. The van der Waals surface area contributed by atoms with Crippen LogP contribution in [0.4, 0.5) is 0 Å². The molecule has 1 amide bonds. The van der Waals surface area contributed by atoms with Gasteiger partial charge in [0.05, 0.1) is 25.4 Å². The molecule has 274 valence electrons. The Hall–Kier alpha value is -2.68. The van der Waals surface area contributed by atoms with Crippen LogP contribution in [0.1, 0.15) is 143 Å². The Bertz CT molecular complexity index is 1320. The normalized spacial score (nSPS) is 19.0. The van der Waals surface area contributed by atoms with Gasteiger partial charge in [-0.3, -0.25) is 4.79 Å². The molecule has 0 aliphatic carbocycles. The van der Waals surface area contributed by atoms with Gasteiger partial charge in [-0.2, -0.15) is 11.8 Å². The van der Waals surface area contributed by atoms with Crippen molar-refractivity contribution in [2.24, 2.45) is 0 Å². The van der Waals surface area contributed by atoms with Gasteiger partial charge in [-0.1, -0.05) is 163 Å². The van der Waals surface area contributed by atoms with Crippen molar-refractivity contribution in [2.45, 2.75) is 134 Å². The van der Waals surface area contributed by atoms with E-state index in [0.717, 1.165) is 40.7 Å². The van der Waals surface area contributed by atoms with E-state index in [9.17, 15) is 15.0 Å². The summed E-state index contributed by atoms with van der Waals surface area (Å²) in [6, 6.07) is 26.5. The lowest BCUT2D eigenvalue weighted by atomic mass is 9.84. The first kappa shape index (κ1) is 40.1. The van der Waals surface area contributed by atoms with Gasteiger partial charge < -0.3 is 25.0 Å². The van der Waals surface area contributed by atoms with E-state index in [4.69, 9.17) is 9.47 Å². The summed E-state index contributed by atoms with van der Waals surface area (Å²) in [6.07, 6.45) is 16.5. The van der Waals surface area contributed by atoms with Crippen molar-refractivity contribution in [3.8, 4) is 0 Å². The Morgan fingerprint density at radius 3 is 1.86 bits per heavy atom. The Morgan fingerprint density at radius 2 is 1.26 bits per heavy atom. The van der Waals surface area contributed by atoms with Gasteiger partial charge in [-0.05, 0) is 28.7 Å². The number of carbonyl (C=O) groups excluding carboxylic acids is 1. The number of unbranched alkanes of at least 4 members (excludes halogenated alkanes) is 12. The van der Waals surface area contributed by atoms with Gasteiger partial charge in [0, 0.05) is 36.0 Å². The first-order chi connectivity index (χ1) is 24.6. The summed E-state index contributed by atoms with van der Waals surface area (Å²) >= 11 is 1.68. The van der Waals surface area contributed by atoms with E-state index in [1.54, 1.807) is 11.8 Å². The zero-order valence-corrected chi connectivity index (χ0v) is 31.1. The molecule has 6 nitrogen and oxygen atoms in total. The van der Waals surface area contributed by atoms with Crippen LogP contribution < -0.4 is 5.32 Å². The van der Waals surface area contributed by atoms with Crippen molar-refractivity contribution in [2.75, 3.05) is 18.1 Å². The predicted octanol–water partition coefficient (Wildman–Crippen LogP) is 9.94. The highest BCUT2D eigenvalue weighted by atomic mass is 32.2. The van der Waals surface area contributed by atoms with Crippen LogP contribution in [0.5, 0.6) is 0 Å². The standard InChI is InChI=1S/C43H61NO5S/c1-2-3-4-5-6-7-8-9-10-11-12-13-17-20-40(47)44-31-34-21-27-38(28-22-34)43-48-39(33-50-30-29-45)41(36-18-15-14-16-19-36)42(49-43)37-25-23-35(32-46)24-26-37/h14-16,18-19,21-28,39,41-43,45-46H,2-13,17,20,29-33H2,1H3,(H,44,47). The first-order valence-corrected chi connectivity index (χ1v) is 20.4. The third-order valence-corrected chi connectivity index (χ3v) is 10.8. The molecule has 1 aliphatic heterocycles. The van der Waals surface area contributed by atoms with E-state index in [0.29, 0.717) is 24.5 Å². The molecule has 0 radical (unpaired) electrons. The fraction of sp³-hybridized carbons (Fsp3) is 0.558. The Balaban J connectivity index is 1.26. The fourth-order valence-corrected chi connectivity index (χ4v) is 7.61. The highest BCUT2D eigenvalue weighted by molar-refractivity contribution is 7.99. The molecule has 1 fully saturated rings. The maximum atomic E-state index is 12.6. The van der Waals surface area contributed by atoms with E-state index >= 15 is 0 Å². The third kappa shape index (κ3) is 13.8. The smallest absolute Gasteiger partial charge is 0.220 e. The van der Waals surface area contributed by atoms with Gasteiger partial charge in [-0.15, -0.1) is 0 Å². The van der Waals surface area contributed by atoms with Crippen LogP contribution in [0.15, 0.2) is 78.9 Å². The van der Waals surface area contributed by atoms with E-state index in [-0.39, 0.29) is 37.2 Å². The molecule has 3 N–H and O–H groups in total. The number of rotatable bonds is 24. The number of hydrogen-bond acceptors (Lipinski definition) is 6. The maximum absolute atomic E-state index is 12.6. The zero-order valence-electron chi connectivity index (χ0n) is 30.3. The van der Waals surface area contributed by atoms with E-state index in [1.165, 1.54) is 70.6 Å². The van der Waals surface area contributed by atoms with Gasteiger partial charge in [0.25, 0.3) is 0 Å². The van der Waals surface area contributed by atoms with E-state index in [2.05, 4.69) is 24.4 Å². The van der Waals surface area contributed by atoms with Crippen LogP contribution in [0.3, 0.4) is 0 Å². The highest BCUT2D eigenvalue weighted by Gasteiger charge is 2.41. The summed E-state index contributed by atoms with van der Waals surface area (Å²) < 4.78 is 13.5. The molecule has 1 aliphatic rings. The van der Waals surface area contributed by atoms with Crippen molar-refractivity contribution in [1.29, 1.82) is 0 Å². The van der Waals surface area contributed by atoms with Crippen LogP contribution in [0.25, 0.3) is 0 Å². The maximum Gasteiger partial charge on any atom is 0.220 e. The molecule has 0 saturated carbocycles. The monoisotopic (exact) mass is 703 g/mol. The molecule has 1 heterocycles. The molecule has 4 unspecified atom stereocenters. The summed E-state index contributed by atoms with van der Waals surface area (Å²) in [6.45, 7) is 2.88. The summed E-state index contributed by atoms with van der Waals surface area (Å²) in [7, 11) is 0. The quantitative estimate of drug-likeness (QED) is 0.0806. The minimum absolute atomic E-state index is 0.00762. The van der Waals surface area contributed by atoms with Crippen LogP contribution in [0.2, 0.25) is 0 Å². The van der Waals surface area contributed by atoms with Crippen molar-refractivity contribution in [1.82, 2.24) is 5.32 Å². The number of benzene rings is 3. The average Bonchev–Trinajstić information content (AvgIpc) is 3.16. The van der Waals surface area contributed by atoms with E-state index in [1.807, 2.05) is 66.7 Å². The van der Waals surface area contributed by atoms with Gasteiger partial charge in [0.1, 0.15) is 0 Å². The Labute approximate surface area is 305 Å². The number of ether oxygens (including phenoxy) is 2. The molecule has 0 spiro atoms. The molecule has 4 rings (SSSR count). The Morgan fingerprint density at radius 1 is 0.680 bits per heavy atom. The SMILES string of the molecule is CCCCCCCCCCCCCCCC(=O)NCc1ccc(C2OC(CSCCO)C(c3ccccc3)C(c3ccc(CO)cc3)O2)cc1. The minimum atomic E-state index is -0.573. The summed E-state index contributed by atoms with van der Waals surface area (Å²) in [4.78, 5) is 12.6. The molecule has 7 heteroatoms. The molecule has 3 aromatic carbocycles. The van der Waals surface area contributed by atoms with Gasteiger partial charge >= 0.3 is 0 Å². The summed E-state index contributed by atoms with van der Waals surface area (Å²) in [5, 5.41) is 22.2. The Kier molecular flexibility index (Phi) is 19.0. The second-order valence-corrected chi connectivity index (χ2v) is 14.9. The van der Waals surface area contributed by atoms with Crippen LogP contribution in [0, 0.1) is 0 Å². The van der Waals surface area contributed by atoms with E-state index < -0.39 is 6.29 Å². The topological polar surface area (TPSA) is 88.0 Å². The summed E-state index contributed by atoms with van der Waals surface area (Å²) in [5.41, 5.74) is 4.99. The molecule has 50 heavy (non-hydrogen) atoms. The lowest BCUT2D eigenvalue weighted by Gasteiger charge is -2.43. The molecule has 1 saturated heterocycles. The van der Waals surface area contributed by atoms with Crippen molar-refractivity contribution in [3.63, 3.8) is 0 Å². The second kappa shape index (κ2) is 23.7. The van der Waals surface area contributed by atoms with Crippen molar-refractivity contribution >= 4 is 17.7 Å². The van der Waals surface area contributed by atoms with Crippen molar-refractivity contribution < 1.29 is 24.5 Å². The number of hydrogen-bond donors (Lipinski definition) is 3. The first-order valence-electron chi connectivity index (χ1n) is 19.2. The van der Waals surface area contributed by atoms with Crippen LogP contribution in [-0.2, 0) is 27.4 Å². The van der Waals surface area contributed by atoms with Gasteiger partial charge in [0.15, 0.2) is 6.29 Å². The second-order valence-electron chi connectivity index (χ2n) is 13.7.